The van der Waals surface area contributed by atoms with Crippen molar-refractivity contribution in [2.45, 2.75) is 0 Å². The highest BCUT2D eigenvalue weighted by Crippen LogP contribution is 2.25. The second-order valence-corrected chi connectivity index (χ2v) is 4.39. The summed E-state index contributed by atoms with van der Waals surface area (Å²) >= 11 is 1.55. The number of nitrogen functional groups attached to an aromatic ring is 1. The van der Waals surface area contributed by atoms with E-state index in [4.69, 9.17) is 5.73 Å². The number of aryl methyl sites for hydroxylation is 1. The van der Waals surface area contributed by atoms with Gasteiger partial charge in [-0.15, -0.1) is 11.3 Å². The first-order chi connectivity index (χ1) is 7.74. The van der Waals surface area contributed by atoms with Crippen molar-refractivity contribution in [2.24, 2.45) is 7.05 Å². The predicted octanol–water partition coefficient (Wildman–Crippen LogP) is 1.67. The number of nitrogens with two attached hydrogens (primary N) is 1. The molecule has 2 N–H and O–H groups in total. The molecule has 5 nitrogen and oxygen atoms in total. The lowest BCUT2D eigenvalue weighted by molar-refractivity contribution is 0.913. The minimum atomic E-state index is 0.506. The third kappa shape index (κ3) is 1.35. The fourth-order valence-corrected chi connectivity index (χ4v) is 2.29. The number of imidazole rings is 1. The molecule has 0 saturated carbocycles. The minimum Gasteiger partial charge on any atom is -0.383 e. The summed E-state index contributed by atoms with van der Waals surface area (Å²) in [6.45, 7) is 0. The molecule has 3 aromatic rings. The van der Waals surface area contributed by atoms with Gasteiger partial charge in [0, 0.05) is 13.2 Å². The average molecular weight is 231 g/mol. The summed E-state index contributed by atoms with van der Waals surface area (Å²) < 4.78 is 1.85. The van der Waals surface area contributed by atoms with Gasteiger partial charge in [0.2, 0.25) is 0 Å². The number of rotatable bonds is 1. The topological polar surface area (TPSA) is 69.6 Å². The highest BCUT2D eigenvalue weighted by atomic mass is 32.1. The SMILES string of the molecule is Cn1cnc(-c2nc(N)c3ccsc3n2)c1. The van der Waals surface area contributed by atoms with Crippen molar-refractivity contribution in [1.82, 2.24) is 19.5 Å². The summed E-state index contributed by atoms with van der Waals surface area (Å²) in [6.07, 6.45) is 3.59. The number of thiophene rings is 1. The third-order valence-electron chi connectivity index (χ3n) is 2.29. The summed E-state index contributed by atoms with van der Waals surface area (Å²) in [7, 11) is 1.91. The summed E-state index contributed by atoms with van der Waals surface area (Å²) in [5, 5.41) is 2.86. The molecule has 0 spiro atoms. The molecule has 0 saturated heterocycles. The Morgan fingerprint density at radius 3 is 3.00 bits per heavy atom. The minimum absolute atomic E-state index is 0.506. The van der Waals surface area contributed by atoms with Gasteiger partial charge in [0.15, 0.2) is 5.82 Å². The van der Waals surface area contributed by atoms with E-state index in [1.165, 1.54) is 0 Å². The van der Waals surface area contributed by atoms with Crippen molar-refractivity contribution >= 4 is 27.4 Å². The zero-order valence-electron chi connectivity index (χ0n) is 8.58. The molecule has 6 heteroatoms. The first kappa shape index (κ1) is 9.29. The Balaban J connectivity index is 2.24. The predicted molar refractivity (Wildman–Crippen MR) is 64.0 cm³/mol. The van der Waals surface area contributed by atoms with E-state index >= 15 is 0 Å². The van der Waals surface area contributed by atoms with Gasteiger partial charge in [-0.05, 0) is 11.4 Å². The van der Waals surface area contributed by atoms with E-state index in [1.807, 2.05) is 29.3 Å². The van der Waals surface area contributed by atoms with Crippen LogP contribution in [0.4, 0.5) is 5.82 Å². The van der Waals surface area contributed by atoms with E-state index in [0.29, 0.717) is 11.6 Å². The molecule has 0 aliphatic rings. The highest BCUT2D eigenvalue weighted by Gasteiger charge is 2.09. The normalized spacial score (nSPS) is 11.1. The third-order valence-corrected chi connectivity index (χ3v) is 3.10. The van der Waals surface area contributed by atoms with Crippen LogP contribution in [0.2, 0.25) is 0 Å². The molecule has 3 rings (SSSR count). The van der Waals surface area contributed by atoms with Crippen LogP contribution in [0.3, 0.4) is 0 Å². The van der Waals surface area contributed by atoms with Crippen LogP contribution in [0.15, 0.2) is 24.0 Å². The molecule has 0 aliphatic heterocycles. The fraction of sp³-hybridized carbons (Fsp3) is 0.100. The van der Waals surface area contributed by atoms with Gasteiger partial charge in [-0.25, -0.2) is 15.0 Å². The smallest absolute Gasteiger partial charge is 0.183 e. The van der Waals surface area contributed by atoms with Crippen molar-refractivity contribution in [2.75, 3.05) is 5.73 Å². The fourth-order valence-electron chi connectivity index (χ4n) is 1.52. The Bertz CT molecular complexity index is 654. The second-order valence-electron chi connectivity index (χ2n) is 3.50. The van der Waals surface area contributed by atoms with Gasteiger partial charge in [-0.1, -0.05) is 0 Å². The van der Waals surface area contributed by atoms with Crippen molar-refractivity contribution in [3.05, 3.63) is 24.0 Å². The van der Waals surface area contributed by atoms with Crippen LogP contribution in [-0.4, -0.2) is 19.5 Å². The van der Waals surface area contributed by atoms with Gasteiger partial charge >= 0.3 is 0 Å². The van der Waals surface area contributed by atoms with Crippen molar-refractivity contribution in [3.63, 3.8) is 0 Å². The molecular formula is C10H9N5S. The highest BCUT2D eigenvalue weighted by molar-refractivity contribution is 7.16. The van der Waals surface area contributed by atoms with Crippen LogP contribution in [0.5, 0.6) is 0 Å². The summed E-state index contributed by atoms with van der Waals surface area (Å²) in [4.78, 5) is 13.8. The maximum absolute atomic E-state index is 5.87. The van der Waals surface area contributed by atoms with E-state index in [-0.39, 0.29) is 0 Å². The van der Waals surface area contributed by atoms with Gasteiger partial charge in [0.1, 0.15) is 16.3 Å². The first-order valence-corrected chi connectivity index (χ1v) is 5.61. The molecule has 0 fully saturated rings. The maximum Gasteiger partial charge on any atom is 0.183 e. The van der Waals surface area contributed by atoms with Gasteiger partial charge in [-0.3, -0.25) is 0 Å². The van der Waals surface area contributed by atoms with E-state index in [0.717, 1.165) is 15.9 Å². The number of hydrogen-bond acceptors (Lipinski definition) is 5. The monoisotopic (exact) mass is 231 g/mol. The maximum atomic E-state index is 5.87. The molecule has 0 unspecified atom stereocenters. The van der Waals surface area contributed by atoms with E-state index in [9.17, 15) is 0 Å². The number of hydrogen-bond donors (Lipinski definition) is 1. The van der Waals surface area contributed by atoms with E-state index < -0.39 is 0 Å². The summed E-state index contributed by atoms with van der Waals surface area (Å²) in [5.74, 6) is 1.08. The van der Waals surface area contributed by atoms with Crippen LogP contribution >= 0.6 is 11.3 Å². The van der Waals surface area contributed by atoms with E-state index in [1.54, 1.807) is 17.7 Å². The molecule has 0 aliphatic carbocycles. The molecule has 0 radical (unpaired) electrons. The quantitative estimate of drug-likeness (QED) is 0.691. The summed E-state index contributed by atoms with van der Waals surface area (Å²) in [5.41, 5.74) is 6.61. The van der Waals surface area contributed by atoms with Crippen molar-refractivity contribution in [3.8, 4) is 11.5 Å². The molecule has 0 aromatic carbocycles. The Hall–Kier alpha value is -1.95. The van der Waals surface area contributed by atoms with Gasteiger partial charge < -0.3 is 10.3 Å². The summed E-state index contributed by atoms with van der Waals surface area (Å²) in [6, 6.07) is 1.93. The largest absolute Gasteiger partial charge is 0.383 e. The molecular weight excluding hydrogens is 222 g/mol. The van der Waals surface area contributed by atoms with Gasteiger partial charge in [-0.2, -0.15) is 0 Å². The Labute approximate surface area is 95.6 Å². The van der Waals surface area contributed by atoms with E-state index in [2.05, 4.69) is 15.0 Å². The lowest BCUT2D eigenvalue weighted by atomic mass is 10.3. The number of aromatic nitrogens is 4. The molecule has 0 amide bonds. The molecule has 16 heavy (non-hydrogen) atoms. The molecule has 80 valence electrons. The van der Waals surface area contributed by atoms with Crippen molar-refractivity contribution < 1.29 is 0 Å². The van der Waals surface area contributed by atoms with Crippen LogP contribution < -0.4 is 5.73 Å². The first-order valence-electron chi connectivity index (χ1n) is 4.73. The standard InChI is InChI=1S/C10H9N5S/c1-15-4-7(12-5-15)9-13-8(11)6-2-3-16-10(6)14-9/h2-5H,1H3,(H2,11,13,14). The van der Waals surface area contributed by atoms with Crippen LogP contribution in [0.1, 0.15) is 0 Å². The lowest BCUT2D eigenvalue weighted by Gasteiger charge is -1.98. The zero-order valence-corrected chi connectivity index (χ0v) is 9.40. The van der Waals surface area contributed by atoms with Crippen LogP contribution in [0, 0.1) is 0 Å². The Morgan fingerprint density at radius 1 is 1.38 bits per heavy atom. The molecule has 0 bridgehead atoms. The van der Waals surface area contributed by atoms with Gasteiger partial charge in [0.05, 0.1) is 11.7 Å². The number of anilines is 1. The molecule has 3 heterocycles. The second kappa shape index (κ2) is 3.28. The Morgan fingerprint density at radius 2 is 2.25 bits per heavy atom. The molecule has 3 aromatic heterocycles. The molecule has 0 atom stereocenters. The van der Waals surface area contributed by atoms with Crippen LogP contribution in [0.25, 0.3) is 21.7 Å². The average Bonchev–Trinajstić information content (AvgIpc) is 2.85. The van der Waals surface area contributed by atoms with Gasteiger partial charge in [0.25, 0.3) is 0 Å². The Kier molecular flexibility index (Phi) is 1.90. The van der Waals surface area contributed by atoms with Crippen molar-refractivity contribution in [1.29, 1.82) is 0 Å². The number of nitrogens with zero attached hydrogens (tertiary/aromatic N) is 4. The number of fused-ring (bicyclic) bond motifs is 1. The lowest BCUT2D eigenvalue weighted by Crippen LogP contribution is -1.96. The van der Waals surface area contributed by atoms with Crippen LogP contribution in [-0.2, 0) is 7.05 Å². The zero-order chi connectivity index (χ0) is 11.1.